The molecule has 2 fully saturated rings. The molecule has 5 unspecified atom stereocenters. The first-order chi connectivity index (χ1) is 18.4. The van der Waals surface area contributed by atoms with Crippen LogP contribution < -0.4 is 0 Å². The lowest BCUT2D eigenvalue weighted by molar-refractivity contribution is -0.231. The Kier molecular flexibility index (Phi) is 12.5. The Labute approximate surface area is 242 Å². The number of hydrogen-bond donors (Lipinski definition) is 3. The maximum absolute atomic E-state index is 11.9. The van der Waals surface area contributed by atoms with Gasteiger partial charge in [0.2, 0.25) is 11.6 Å². The van der Waals surface area contributed by atoms with Crippen molar-refractivity contribution in [3.8, 4) is 0 Å². The molecule has 40 heavy (non-hydrogen) atoms. The third-order valence-electron chi connectivity index (χ3n) is 6.56. The molecule has 11 heteroatoms. The minimum Gasteiger partial charge on any atom is -0.507 e. The lowest BCUT2D eigenvalue weighted by Gasteiger charge is -2.28. The Morgan fingerprint density at radius 3 is 2.38 bits per heavy atom. The fourth-order valence-corrected chi connectivity index (χ4v) is 4.62. The molecule has 2 aliphatic heterocycles. The van der Waals surface area contributed by atoms with E-state index in [2.05, 4.69) is 4.90 Å². The second-order valence-corrected chi connectivity index (χ2v) is 10.8. The first-order valence-electron chi connectivity index (χ1n) is 13.2. The third kappa shape index (κ3) is 8.20. The third-order valence-corrected chi connectivity index (χ3v) is 6.56. The summed E-state index contributed by atoms with van der Waals surface area (Å²) in [6.45, 7) is 8.50. The van der Waals surface area contributed by atoms with Crippen molar-refractivity contribution in [3.63, 3.8) is 0 Å². The van der Waals surface area contributed by atoms with Gasteiger partial charge in [-0.25, -0.2) is 0 Å². The average molecular weight is 584 g/mol. The molecule has 224 valence electrons. The van der Waals surface area contributed by atoms with Crippen LogP contribution in [0.2, 0.25) is 0 Å². The number of fused-ring (bicyclic) bond motifs is 2. The highest BCUT2D eigenvalue weighted by molar-refractivity contribution is 6.52. The molecule has 0 bridgehead atoms. The molecule has 0 saturated carbocycles. The predicted molar refractivity (Wildman–Crippen MR) is 151 cm³/mol. The Morgan fingerprint density at radius 1 is 1.12 bits per heavy atom. The van der Waals surface area contributed by atoms with E-state index < -0.39 is 42.0 Å². The van der Waals surface area contributed by atoms with Crippen molar-refractivity contribution in [2.45, 2.75) is 77.0 Å². The molecule has 2 saturated heterocycles. The molecular weight excluding hydrogens is 542 g/mol. The summed E-state index contributed by atoms with van der Waals surface area (Å²) in [6, 6.07) is 6.62. The van der Waals surface area contributed by atoms with Gasteiger partial charge in [0.1, 0.15) is 30.2 Å². The Bertz CT molecular complexity index is 1100. The zero-order valence-corrected chi connectivity index (χ0v) is 24.8. The zero-order chi connectivity index (χ0) is 28.9. The van der Waals surface area contributed by atoms with Gasteiger partial charge in [-0.05, 0) is 61.2 Å². The van der Waals surface area contributed by atoms with Crippen LogP contribution in [0, 0.1) is 0 Å². The van der Waals surface area contributed by atoms with E-state index in [0.717, 1.165) is 18.5 Å². The van der Waals surface area contributed by atoms with Crippen LogP contribution in [-0.4, -0.2) is 102 Å². The lowest BCUT2D eigenvalue weighted by atomic mass is 9.87. The molecule has 2 heterocycles. The van der Waals surface area contributed by atoms with E-state index in [4.69, 9.17) is 24.1 Å². The van der Waals surface area contributed by atoms with Gasteiger partial charge in [0.05, 0.1) is 6.61 Å². The van der Waals surface area contributed by atoms with Crippen molar-refractivity contribution < 1.29 is 43.9 Å². The highest BCUT2D eigenvalue weighted by atomic mass is 35.5. The van der Waals surface area contributed by atoms with Gasteiger partial charge in [-0.3, -0.25) is 9.59 Å². The van der Waals surface area contributed by atoms with E-state index in [9.17, 15) is 19.8 Å². The quantitative estimate of drug-likeness (QED) is 0.226. The summed E-state index contributed by atoms with van der Waals surface area (Å²) < 4.78 is 23.0. The number of ketones is 2. The van der Waals surface area contributed by atoms with Crippen LogP contribution in [0.5, 0.6) is 0 Å². The van der Waals surface area contributed by atoms with Crippen molar-refractivity contribution in [2.24, 2.45) is 0 Å². The highest BCUT2D eigenvalue weighted by Crippen LogP contribution is 2.39. The molecule has 10 nitrogen and oxygen atoms in total. The fraction of sp³-hybridized carbons (Fsp3) is 0.586. The highest BCUT2D eigenvalue weighted by Gasteiger charge is 2.56. The standard InChI is InChI=1S/C15H14O3.C14H27NO6.ClH/c1-9(2)7-8-12-13(16)10-5-3-4-6-11(10)14(17)15(12)18;1-14(2)20-12-11(18-7-5-6-15(3)4)10(9(17)8-16)19-13(12)21-14;/h3-7,16H,8H2,1-2H3;9-13,16-17H,5-8H2,1-4H3;1H. The number of ether oxygens (including phenoxy) is 4. The smallest absolute Gasteiger partial charge is 0.234 e. The first-order valence-corrected chi connectivity index (χ1v) is 13.2. The number of benzene rings is 1. The number of Topliss-reactive ketones (excluding diaryl/α,β-unsaturated/α-hetero) is 2. The van der Waals surface area contributed by atoms with E-state index in [1.807, 2.05) is 47.9 Å². The molecule has 0 aromatic heterocycles. The van der Waals surface area contributed by atoms with Crippen LogP contribution in [0.4, 0.5) is 0 Å². The van der Waals surface area contributed by atoms with E-state index in [1.54, 1.807) is 24.3 Å². The summed E-state index contributed by atoms with van der Waals surface area (Å²) in [4.78, 5) is 25.9. The van der Waals surface area contributed by atoms with Gasteiger partial charge in [0, 0.05) is 23.3 Å². The van der Waals surface area contributed by atoms with E-state index in [1.165, 1.54) is 0 Å². The lowest BCUT2D eigenvalue weighted by Crippen LogP contribution is -2.44. The first kappa shape index (κ1) is 34.1. The van der Waals surface area contributed by atoms with Gasteiger partial charge in [-0.1, -0.05) is 35.9 Å². The minimum atomic E-state index is -1.01. The van der Waals surface area contributed by atoms with Crippen LogP contribution in [-0.2, 0) is 23.7 Å². The number of aliphatic hydroxyl groups is 3. The maximum Gasteiger partial charge on any atom is 0.234 e. The molecule has 5 atom stereocenters. The van der Waals surface area contributed by atoms with Crippen molar-refractivity contribution in [3.05, 3.63) is 52.6 Å². The number of carbonyl (C=O) groups excluding carboxylic acids is 2. The van der Waals surface area contributed by atoms with Crippen molar-refractivity contribution in [1.29, 1.82) is 0 Å². The van der Waals surface area contributed by atoms with Crippen molar-refractivity contribution in [1.82, 2.24) is 4.90 Å². The van der Waals surface area contributed by atoms with E-state index >= 15 is 0 Å². The Hall–Kier alpha value is -2.15. The molecule has 0 amide bonds. The molecule has 0 radical (unpaired) electrons. The molecule has 0 spiro atoms. The van der Waals surface area contributed by atoms with Crippen LogP contribution >= 0.6 is 12.4 Å². The molecule has 4 rings (SSSR count). The van der Waals surface area contributed by atoms with Gasteiger partial charge in [-0.2, -0.15) is 0 Å². The number of hydrogen-bond acceptors (Lipinski definition) is 10. The molecule has 1 aromatic rings. The predicted octanol–water partition coefficient (Wildman–Crippen LogP) is 3.05. The Balaban J connectivity index is 0.000000276. The molecule has 1 aromatic carbocycles. The molecule has 1 aliphatic carbocycles. The topological polar surface area (TPSA) is 135 Å². The minimum absolute atomic E-state index is 0. The number of halogens is 1. The van der Waals surface area contributed by atoms with Gasteiger partial charge in [0.15, 0.2) is 12.1 Å². The van der Waals surface area contributed by atoms with Crippen LogP contribution in [0.15, 0.2) is 41.5 Å². The monoisotopic (exact) mass is 583 g/mol. The molecule has 3 aliphatic rings. The number of carbonyl (C=O) groups is 2. The second kappa shape index (κ2) is 14.7. The SMILES string of the molecule is CC(C)=CCC1=C(O)c2ccccc2C(=O)C1=O.CN(C)CCCOC1C(C(O)CO)OC2OC(C)(C)OC21.Cl. The van der Waals surface area contributed by atoms with Gasteiger partial charge in [-0.15, -0.1) is 12.4 Å². The molecule has 3 N–H and O–H groups in total. The Morgan fingerprint density at radius 2 is 1.77 bits per heavy atom. The summed E-state index contributed by atoms with van der Waals surface area (Å²) in [5.41, 5.74) is 1.94. The summed E-state index contributed by atoms with van der Waals surface area (Å²) in [7, 11) is 4.01. The number of allylic oxidation sites excluding steroid dienone is 3. The summed E-state index contributed by atoms with van der Waals surface area (Å²) >= 11 is 0. The largest absolute Gasteiger partial charge is 0.507 e. The van der Waals surface area contributed by atoms with Crippen LogP contribution in [0.1, 0.15) is 56.5 Å². The van der Waals surface area contributed by atoms with E-state index in [0.29, 0.717) is 12.2 Å². The van der Waals surface area contributed by atoms with Crippen molar-refractivity contribution >= 4 is 29.7 Å². The fourth-order valence-electron chi connectivity index (χ4n) is 4.62. The average Bonchev–Trinajstić information content (AvgIpc) is 3.36. The van der Waals surface area contributed by atoms with Gasteiger partial charge >= 0.3 is 0 Å². The summed E-state index contributed by atoms with van der Waals surface area (Å²) in [5, 5.41) is 29.1. The summed E-state index contributed by atoms with van der Waals surface area (Å²) in [6.07, 6.45) is -0.0629. The maximum atomic E-state index is 11.9. The van der Waals surface area contributed by atoms with Crippen molar-refractivity contribution in [2.75, 3.05) is 33.9 Å². The van der Waals surface area contributed by atoms with Crippen LogP contribution in [0.3, 0.4) is 0 Å². The number of aliphatic hydroxyl groups excluding tert-OH is 3. The molecular formula is C29H42ClNO9. The summed E-state index contributed by atoms with van der Waals surface area (Å²) in [5.74, 6) is -1.95. The van der Waals surface area contributed by atoms with Crippen LogP contribution in [0.25, 0.3) is 5.76 Å². The zero-order valence-electron chi connectivity index (χ0n) is 24.0. The normalized spacial score (nSPS) is 25.5. The van der Waals surface area contributed by atoms with E-state index in [-0.39, 0.29) is 48.4 Å². The second-order valence-electron chi connectivity index (χ2n) is 10.8. The van der Waals surface area contributed by atoms with Gasteiger partial charge in [0.25, 0.3) is 0 Å². The number of rotatable bonds is 9. The number of nitrogens with zero attached hydrogens (tertiary/aromatic N) is 1. The van der Waals surface area contributed by atoms with Gasteiger partial charge < -0.3 is 39.2 Å².